The van der Waals surface area contributed by atoms with E-state index >= 15 is 0 Å². The Morgan fingerprint density at radius 3 is 2.64 bits per heavy atom. The van der Waals surface area contributed by atoms with Gasteiger partial charge < -0.3 is 5.11 Å². The number of nitrogens with zero attached hydrogens (tertiary/aromatic N) is 1. The molecule has 0 spiro atoms. The maximum Gasteiger partial charge on any atom is 0.115 e. The van der Waals surface area contributed by atoms with Crippen molar-refractivity contribution in [3.63, 3.8) is 0 Å². The van der Waals surface area contributed by atoms with E-state index < -0.39 is 0 Å². The van der Waals surface area contributed by atoms with Crippen molar-refractivity contribution in [2.45, 2.75) is 6.92 Å². The van der Waals surface area contributed by atoms with E-state index in [9.17, 15) is 0 Å². The van der Waals surface area contributed by atoms with Crippen LogP contribution in [0.1, 0.15) is 11.1 Å². The highest BCUT2D eigenvalue weighted by molar-refractivity contribution is 6.34. The molecular weight excluding hydrogens is 137 g/mol. The van der Waals surface area contributed by atoms with E-state index in [0.29, 0.717) is 16.6 Å². The van der Waals surface area contributed by atoms with Crippen LogP contribution in [0.25, 0.3) is 0 Å². The number of aryl methyl sites for hydroxylation is 1. The number of hydrogen-bond acceptors (Lipinski definition) is 2. The summed E-state index contributed by atoms with van der Waals surface area (Å²) in [6.07, 6.45) is 0. The maximum absolute atomic E-state index is 9.02. The number of rotatable bonds is 0. The first-order chi connectivity index (χ1) is 5.15. The Hall–Kier alpha value is -1.43. The summed E-state index contributed by atoms with van der Waals surface area (Å²) >= 11 is 0. The van der Waals surface area contributed by atoms with E-state index in [2.05, 4.69) is 0 Å². The van der Waals surface area contributed by atoms with E-state index in [0.717, 1.165) is 0 Å². The van der Waals surface area contributed by atoms with Crippen molar-refractivity contribution in [3.8, 4) is 11.8 Å². The Labute approximate surface area is 66.5 Å². The molecule has 11 heavy (non-hydrogen) atoms. The topological polar surface area (TPSA) is 44.0 Å². The van der Waals surface area contributed by atoms with Crippen molar-refractivity contribution < 1.29 is 5.11 Å². The van der Waals surface area contributed by atoms with E-state index in [4.69, 9.17) is 18.2 Å². The number of phenolic OH excluding ortho intramolecular Hbond substituents is 1. The molecule has 0 unspecified atom stereocenters. The summed E-state index contributed by atoms with van der Waals surface area (Å²) < 4.78 is 0. The molecule has 0 aliphatic rings. The second kappa shape index (κ2) is 2.67. The zero-order valence-corrected chi connectivity index (χ0v) is 6.13. The molecule has 0 saturated carbocycles. The second-order valence-corrected chi connectivity index (χ2v) is 2.34. The predicted octanol–water partition coefficient (Wildman–Crippen LogP) is 0.366. The predicted molar refractivity (Wildman–Crippen MR) is 42.9 cm³/mol. The zero-order valence-electron chi connectivity index (χ0n) is 6.13. The first-order valence-electron chi connectivity index (χ1n) is 3.14. The minimum atomic E-state index is 0.0963. The van der Waals surface area contributed by atoms with Crippen LogP contribution in [-0.2, 0) is 0 Å². The maximum atomic E-state index is 9.02. The van der Waals surface area contributed by atoms with Crippen LogP contribution >= 0.6 is 0 Å². The monoisotopic (exact) mass is 143 g/mol. The van der Waals surface area contributed by atoms with Gasteiger partial charge in [-0.2, -0.15) is 5.26 Å². The summed E-state index contributed by atoms with van der Waals surface area (Å²) in [4.78, 5) is 0. The summed E-state index contributed by atoms with van der Waals surface area (Å²) in [7, 11) is 5.45. The lowest BCUT2D eigenvalue weighted by Crippen LogP contribution is -2.08. The molecule has 0 aliphatic heterocycles. The van der Waals surface area contributed by atoms with Crippen molar-refractivity contribution in [1.29, 1.82) is 5.26 Å². The normalized spacial score (nSPS) is 9.09. The first kappa shape index (κ1) is 7.68. The molecule has 1 rings (SSSR count). The smallest absolute Gasteiger partial charge is 0.115 e. The summed E-state index contributed by atoms with van der Waals surface area (Å²) in [5, 5.41) is 17.6. The Morgan fingerprint density at radius 1 is 1.55 bits per heavy atom. The first-order valence-corrected chi connectivity index (χ1v) is 3.14. The van der Waals surface area contributed by atoms with Gasteiger partial charge in [-0.25, -0.2) is 0 Å². The summed E-state index contributed by atoms with van der Waals surface area (Å²) in [5.74, 6) is 0.0963. The molecule has 3 heteroatoms. The largest absolute Gasteiger partial charge is 0.508 e. The van der Waals surface area contributed by atoms with Gasteiger partial charge in [0.05, 0.1) is 6.07 Å². The molecule has 0 aliphatic carbocycles. The van der Waals surface area contributed by atoms with Crippen LogP contribution < -0.4 is 5.46 Å². The molecule has 2 radical (unpaired) electrons. The van der Waals surface area contributed by atoms with Crippen molar-refractivity contribution in [3.05, 3.63) is 23.3 Å². The van der Waals surface area contributed by atoms with Crippen LogP contribution in [0.2, 0.25) is 0 Å². The molecule has 0 amide bonds. The lowest BCUT2D eigenvalue weighted by Gasteiger charge is -2.01. The van der Waals surface area contributed by atoms with E-state index in [1.165, 1.54) is 12.1 Å². The average Bonchev–Trinajstić information content (AvgIpc) is 1.85. The SMILES string of the molecule is [B]c1cc(O)cc(C)c1C#N. The van der Waals surface area contributed by atoms with Gasteiger partial charge in [-0.15, -0.1) is 0 Å². The quantitative estimate of drug-likeness (QED) is 0.533. The molecule has 2 nitrogen and oxygen atoms in total. The number of benzene rings is 1. The van der Waals surface area contributed by atoms with Crippen LogP contribution in [-0.4, -0.2) is 13.0 Å². The van der Waals surface area contributed by atoms with Crippen LogP contribution in [0.15, 0.2) is 12.1 Å². The van der Waals surface area contributed by atoms with E-state index in [-0.39, 0.29) is 5.75 Å². The molecular formula is C8H6BNO. The molecule has 0 atom stereocenters. The Kier molecular flexibility index (Phi) is 1.86. The highest BCUT2D eigenvalue weighted by atomic mass is 16.3. The minimum Gasteiger partial charge on any atom is -0.508 e. The molecule has 1 N–H and O–H groups in total. The molecule has 0 saturated heterocycles. The Morgan fingerprint density at radius 2 is 2.18 bits per heavy atom. The fraction of sp³-hybridized carbons (Fsp3) is 0.125. The van der Waals surface area contributed by atoms with E-state index in [1.54, 1.807) is 6.92 Å². The number of hydrogen-bond donors (Lipinski definition) is 1. The molecule has 0 aromatic heterocycles. The van der Waals surface area contributed by atoms with Crippen LogP contribution in [0.3, 0.4) is 0 Å². The molecule has 0 heterocycles. The molecule has 0 bridgehead atoms. The zero-order chi connectivity index (χ0) is 8.43. The van der Waals surface area contributed by atoms with Gasteiger partial charge in [-0.05, 0) is 24.6 Å². The van der Waals surface area contributed by atoms with Crippen molar-refractivity contribution in [1.82, 2.24) is 0 Å². The molecule has 52 valence electrons. The highest BCUT2D eigenvalue weighted by Crippen LogP contribution is 2.11. The standard InChI is InChI=1S/C8H6BNO/c1-5-2-6(11)3-8(9)7(5)4-10/h2-3,11H,1H3. The second-order valence-electron chi connectivity index (χ2n) is 2.34. The Bertz CT molecular complexity index is 304. The van der Waals surface area contributed by atoms with E-state index in [1.807, 2.05) is 6.07 Å². The van der Waals surface area contributed by atoms with Crippen LogP contribution in [0, 0.1) is 18.3 Å². The lowest BCUT2D eigenvalue weighted by molar-refractivity contribution is 0.475. The number of nitriles is 1. The molecule has 1 aromatic carbocycles. The average molecular weight is 143 g/mol. The lowest BCUT2D eigenvalue weighted by atomic mass is 9.88. The van der Waals surface area contributed by atoms with Gasteiger partial charge in [-0.1, -0.05) is 5.46 Å². The van der Waals surface area contributed by atoms with Gasteiger partial charge in [0, 0.05) is 5.56 Å². The summed E-state index contributed by atoms with van der Waals surface area (Å²) in [5.41, 5.74) is 1.46. The van der Waals surface area contributed by atoms with Crippen molar-refractivity contribution in [2.24, 2.45) is 0 Å². The van der Waals surface area contributed by atoms with Crippen LogP contribution in [0.4, 0.5) is 0 Å². The number of aromatic hydroxyl groups is 1. The van der Waals surface area contributed by atoms with Gasteiger partial charge in [0.2, 0.25) is 0 Å². The summed E-state index contributed by atoms with van der Waals surface area (Å²) in [6, 6.07) is 4.83. The van der Waals surface area contributed by atoms with Crippen LogP contribution in [0.5, 0.6) is 5.75 Å². The van der Waals surface area contributed by atoms with Gasteiger partial charge >= 0.3 is 0 Å². The van der Waals surface area contributed by atoms with Gasteiger partial charge in [0.1, 0.15) is 13.6 Å². The fourth-order valence-electron chi connectivity index (χ4n) is 0.948. The third-order valence-electron chi connectivity index (χ3n) is 1.46. The number of phenols is 1. The Balaban J connectivity index is 3.40. The van der Waals surface area contributed by atoms with Gasteiger partial charge in [0.25, 0.3) is 0 Å². The van der Waals surface area contributed by atoms with Gasteiger partial charge in [-0.3, -0.25) is 0 Å². The third kappa shape index (κ3) is 1.35. The fourth-order valence-corrected chi connectivity index (χ4v) is 0.948. The highest BCUT2D eigenvalue weighted by Gasteiger charge is 2.01. The van der Waals surface area contributed by atoms with Gasteiger partial charge in [0.15, 0.2) is 0 Å². The van der Waals surface area contributed by atoms with Crippen molar-refractivity contribution >= 4 is 13.3 Å². The van der Waals surface area contributed by atoms with Crippen molar-refractivity contribution in [2.75, 3.05) is 0 Å². The summed E-state index contributed by atoms with van der Waals surface area (Å²) in [6.45, 7) is 1.73. The third-order valence-corrected chi connectivity index (χ3v) is 1.46. The minimum absolute atomic E-state index is 0.0963. The molecule has 0 fully saturated rings. The molecule has 1 aromatic rings.